The van der Waals surface area contributed by atoms with Crippen molar-refractivity contribution in [1.29, 1.82) is 0 Å². The standard InChI is InChI=1S/C15H17NO4S/c1-7-8(2)13(18)16(12(7)17)14-11(15(19)20)9-5-3-4-6-10(9)21-14/h7-8H,3-6H2,1-2H3,(H,19,20). The van der Waals surface area contributed by atoms with E-state index in [9.17, 15) is 19.5 Å². The lowest BCUT2D eigenvalue weighted by Crippen LogP contribution is -2.31. The monoisotopic (exact) mass is 307 g/mol. The van der Waals surface area contributed by atoms with Gasteiger partial charge in [-0.15, -0.1) is 11.3 Å². The van der Waals surface area contributed by atoms with Gasteiger partial charge >= 0.3 is 5.97 Å². The first-order valence-electron chi connectivity index (χ1n) is 7.19. The number of carbonyl (C=O) groups is 3. The number of carbonyl (C=O) groups excluding carboxylic acids is 2. The highest BCUT2D eigenvalue weighted by atomic mass is 32.1. The highest BCUT2D eigenvalue weighted by Crippen LogP contribution is 2.43. The zero-order valence-electron chi connectivity index (χ0n) is 12.0. The summed E-state index contributed by atoms with van der Waals surface area (Å²) in [5.41, 5.74) is 0.985. The normalized spacial score (nSPS) is 25.3. The van der Waals surface area contributed by atoms with Crippen LogP contribution in [0.5, 0.6) is 0 Å². The molecule has 2 aliphatic rings. The first kappa shape index (κ1) is 14.3. The Morgan fingerprint density at radius 3 is 2.29 bits per heavy atom. The van der Waals surface area contributed by atoms with Gasteiger partial charge in [-0.1, -0.05) is 13.8 Å². The van der Waals surface area contributed by atoms with Gasteiger partial charge in [-0.2, -0.15) is 0 Å². The molecule has 1 aliphatic heterocycles. The van der Waals surface area contributed by atoms with Gasteiger partial charge in [0.1, 0.15) is 5.00 Å². The van der Waals surface area contributed by atoms with E-state index in [2.05, 4.69) is 0 Å². The second kappa shape index (κ2) is 4.94. The molecular formula is C15H17NO4S. The lowest BCUT2D eigenvalue weighted by atomic mass is 9.95. The SMILES string of the molecule is CC1C(=O)N(c2sc3c(c2C(=O)O)CCCC3)C(=O)C1C. The Bertz CT molecular complexity index is 628. The molecule has 0 saturated carbocycles. The largest absolute Gasteiger partial charge is 0.478 e. The Morgan fingerprint density at radius 2 is 1.71 bits per heavy atom. The van der Waals surface area contributed by atoms with Crippen LogP contribution in [0.4, 0.5) is 5.00 Å². The third-order valence-corrected chi connectivity index (χ3v) is 5.82. The molecule has 1 aromatic rings. The van der Waals surface area contributed by atoms with E-state index in [1.165, 1.54) is 11.3 Å². The van der Waals surface area contributed by atoms with Crippen LogP contribution in [-0.4, -0.2) is 22.9 Å². The average Bonchev–Trinajstić information content (AvgIpc) is 2.91. The van der Waals surface area contributed by atoms with Gasteiger partial charge < -0.3 is 5.11 Å². The molecule has 0 spiro atoms. The van der Waals surface area contributed by atoms with Crippen molar-refractivity contribution < 1.29 is 19.5 Å². The molecule has 6 heteroatoms. The Balaban J connectivity index is 2.15. The van der Waals surface area contributed by atoms with Gasteiger partial charge in [0.05, 0.1) is 5.56 Å². The molecule has 2 unspecified atom stereocenters. The number of amides is 2. The molecule has 0 bridgehead atoms. The number of imide groups is 1. The highest BCUT2D eigenvalue weighted by Gasteiger charge is 2.45. The van der Waals surface area contributed by atoms with E-state index in [4.69, 9.17) is 0 Å². The molecular weight excluding hydrogens is 290 g/mol. The predicted octanol–water partition coefficient (Wildman–Crippen LogP) is 2.47. The van der Waals surface area contributed by atoms with Gasteiger partial charge in [0, 0.05) is 16.7 Å². The molecule has 1 aromatic heterocycles. The third kappa shape index (κ3) is 2.00. The van der Waals surface area contributed by atoms with Gasteiger partial charge in [-0.05, 0) is 31.2 Å². The maximum absolute atomic E-state index is 12.3. The molecule has 112 valence electrons. The Kier molecular flexibility index (Phi) is 3.36. The predicted molar refractivity (Wildman–Crippen MR) is 78.7 cm³/mol. The summed E-state index contributed by atoms with van der Waals surface area (Å²) in [4.78, 5) is 38.4. The summed E-state index contributed by atoms with van der Waals surface area (Å²) >= 11 is 1.30. The molecule has 1 N–H and O–H groups in total. The number of rotatable bonds is 2. The van der Waals surface area contributed by atoms with Gasteiger partial charge in [0.2, 0.25) is 11.8 Å². The van der Waals surface area contributed by atoms with Crippen molar-refractivity contribution in [3.63, 3.8) is 0 Å². The van der Waals surface area contributed by atoms with Gasteiger partial charge in [0.15, 0.2) is 0 Å². The molecule has 1 aliphatic carbocycles. The summed E-state index contributed by atoms with van der Waals surface area (Å²) in [5.74, 6) is -2.39. The van der Waals surface area contributed by atoms with E-state index >= 15 is 0 Å². The number of carboxylic acid groups (broad SMARTS) is 1. The topological polar surface area (TPSA) is 74.7 Å². The zero-order valence-corrected chi connectivity index (χ0v) is 12.8. The minimum atomic E-state index is -1.04. The lowest BCUT2D eigenvalue weighted by molar-refractivity contribution is -0.122. The number of anilines is 1. The van der Waals surface area contributed by atoms with E-state index in [1.807, 2.05) is 0 Å². The minimum absolute atomic E-state index is 0.165. The van der Waals surface area contributed by atoms with E-state index in [-0.39, 0.29) is 17.4 Å². The van der Waals surface area contributed by atoms with Crippen LogP contribution in [0, 0.1) is 11.8 Å². The minimum Gasteiger partial charge on any atom is -0.478 e. The van der Waals surface area contributed by atoms with Crippen molar-refractivity contribution in [1.82, 2.24) is 0 Å². The first-order valence-corrected chi connectivity index (χ1v) is 8.00. The maximum Gasteiger partial charge on any atom is 0.339 e. The summed E-state index contributed by atoms with van der Waals surface area (Å²) in [6.07, 6.45) is 3.54. The van der Waals surface area contributed by atoms with E-state index in [1.54, 1.807) is 13.8 Å². The lowest BCUT2D eigenvalue weighted by Gasteiger charge is -2.14. The van der Waals surface area contributed by atoms with Crippen molar-refractivity contribution >= 4 is 34.1 Å². The molecule has 1 saturated heterocycles. The molecule has 2 atom stereocenters. The molecule has 2 heterocycles. The first-order chi connectivity index (χ1) is 9.93. The van der Waals surface area contributed by atoms with Crippen molar-refractivity contribution in [2.45, 2.75) is 39.5 Å². The number of carboxylic acids is 1. The number of hydrogen-bond acceptors (Lipinski definition) is 4. The van der Waals surface area contributed by atoms with Crippen LogP contribution < -0.4 is 4.90 Å². The number of fused-ring (bicyclic) bond motifs is 1. The van der Waals surface area contributed by atoms with Crippen molar-refractivity contribution in [3.05, 3.63) is 16.0 Å². The zero-order chi connectivity index (χ0) is 15.3. The summed E-state index contributed by atoms with van der Waals surface area (Å²) in [7, 11) is 0. The number of nitrogens with zero attached hydrogens (tertiary/aromatic N) is 1. The van der Waals surface area contributed by atoms with Gasteiger partial charge in [-0.25, -0.2) is 9.69 Å². The molecule has 5 nitrogen and oxygen atoms in total. The number of hydrogen-bond donors (Lipinski definition) is 1. The van der Waals surface area contributed by atoms with Crippen LogP contribution in [0.1, 0.15) is 47.5 Å². The average molecular weight is 307 g/mol. The Labute approximate surface area is 126 Å². The fourth-order valence-electron chi connectivity index (χ4n) is 3.07. The summed E-state index contributed by atoms with van der Waals surface area (Å²) in [6, 6.07) is 0. The van der Waals surface area contributed by atoms with Crippen molar-refractivity contribution in [3.8, 4) is 0 Å². The van der Waals surface area contributed by atoms with Crippen LogP contribution in [0.3, 0.4) is 0 Å². The van der Waals surface area contributed by atoms with E-state index in [0.29, 0.717) is 5.00 Å². The van der Waals surface area contributed by atoms with Gasteiger partial charge in [0.25, 0.3) is 0 Å². The molecule has 0 aromatic carbocycles. The third-order valence-electron chi connectivity index (χ3n) is 4.54. The van der Waals surface area contributed by atoms with Gasteiger partial charge in [-0.3, -0.25) is 9.59 Å². The smallest absolute Gasteiger partial charge is 0.339 e. The summed E-state index contributed by atoms with van der Waals surface area (Å²) in [6.45, 7) is 3.44. The second-order valence-electron chi connectivity index (χ2n) is 5.79. The van der Waals surface area contributed by atoms with E-state index < -0.39 is 17.8 Å². The van der Waals surface area contributed by atoms with Crippen LogP contribution >= 0.6 is 11.3 Å². The van der Waals surface area contributed by atoms with Crippen LogP contribution in [0.25, 0.3) is 0 Å². The molecule has 3 rings (SSSR count). The van der Waals surface area contributed by atoms with E-state index in [0.717, 1.165) is 41.0 Å². The highest BCUT2D eigenvalue weighted by molar-refractivity contribution is 7.17. The molecule has 21 heavy (non-hydrogen) atoms. The van der Waals surface area contributed by atoms with Crippen LogP contribution in [0.15, 0.2) is 0 Å². The van der Waals surface area contributed by atoms with Crippen LogP contribution in [0.2, 0.25) is 0 Å². The number of aryl methyl sites for hydroxylation is 1. The second-order valence-corrected chi connectivity index (χ2v) is 6.87. The molecule has 1 fully saturated rings. The summed E-state index contributed by atoms with van der Waals surface area (Å²) < 4.78 is 0. The summed E-state index contributed by atoms with van der Waals surface area (Å²) in [5, 5.41) is 9.85. The fraction of sp³-hybridized carbons (Fsp3) is 0.533. The van der Waals surface area contributed by atoms with Crippen molar-refractivity contribution in [2.75, 3.05) is 4.90 Å². The number of thiophene rings is 1. The Hall–Kier alpha value is -1.69. The maximum atomic E-state index is 12.3. The van der Waals surface area contributed by atoms with Crippen LogP contribution in [-0.2, 0) is 22.4 Å². The quantitative estimate of drug-likeness (QED) is 0.852. The number of aromatic carboxylic acids is 1. The fourth-order valence-corrected chi connectivity index (χ4v) is 4.46. The molecule has 2 amide bonds. The Morgan fingerprint density at radius 1 is 1.14 bits per heavy atom. The van der Waals surface area contributed by atoms with Crippen molar-refractivity contribution in [2.24, 2.45) is 11.8 Å². The molecule has 0 radical (unpaired) electrons.